The molecule has 0 aliphatic heterocycles. The standard InChI is InChI=1S/C9H18N2O4/c1-2-6(4-10)3-8(13)11-7(5-12)9(14)15/h6-7,12H,2-5,10H2,1H3,(H,11,13)(H,14,15)/t6?,7-/m1/s1. The zero-order valence-corrected chi connectivity index (χ0v) is 8.77. The van der Waals surface area contributed by atoms with Crippen LogP contribution in [0.15, 0.2) is 0 Å². The van der Waals surface area contributed by atoms with Crippen LogP contribution >= 0.6 is 0 Å². The van der Waals surface area contributed by atoms with E-state index < -0.39 is 24.5 Å². The molecule has 0 aliphatic rings. The lowest BCUT2D eigenvalue weighted by atomic mass is 10.0. The van der Waals surface area contributed by atoms with Gasteiger partial charge in [0.1, 0.15) is 6.04 Å². The van der Waals surface area contributed by atoms with Crippen molar-refractivity contribution in [3.8, 4) is 0 Å². The summed E-state index contributed by atoms with van der Waals surface area (Å²) in [5, 5.41) is 19.5. The minimum Gasteiger partial charge on any atom is -0.480 e. The maximum atomic E-state index is 11.3. The number of hydrogen-bond acceptors (Lipinski definition) is 4. The molecule has 6 heteroatoms. The SMILES string of the molecule is CCC(CN)CC(=O)N[C@H](CO)C(=O)O. The monoisotopic (exact) mass is 218 g/mol. The Labute approximate surface area is 88.5 Å². The van der Waals surface area contributed by atoms with Crippen molar-refractivity contribution in [3.63, 3.8) is 0 Å². The topological polar surface area (TPSA) is 113 Å². The molecular formula is C9H18N2O4. The van der Waals surface area contributed by atoms with Crippen LogP contribution < -0.4 is 11.1 Å². The summed E-state index contributed by atoms with van der Waals surface area (Å²) in [6.07, 6.45) is 0.956. The summed E-state index contributed by atoms with van der Waals surface area (Å²) >= 11 is 0. The summed E-state index contributed by atoms with van der Waals surface area (Å²) in [4.78, 5) is 21.8. The van der Waals surface area contributed by atoms with Crippen molar-refractivity contribution in [2.75, 3.05) is 13.2 Å². The first-order valence-electron chi connectivity index (χ1n) is 4.88. The Morgan fingerprint density at radius 3 is 2.40 bits per heavy atom. The first-order chi connectivity index (χ1) is 7.04. The highest BCUT2D eigenvalue weighted by Crippen LogP contribution is 2.05. The second-order valence-corrected chi connectivity index (χ2v) is 3.36. The van der Waals surface area contributed by atoms with Crippen LogP contribution in [0.3, 0.4) is 0 Å². The average Bonchev–Trinajstić information content (AvgIpc) is 2.22. The number of carbonyl (C=O) groups is 2. The third-order valence-electron chi connectivity index (χ3n) is 2.20. The fraction of sp³-hybridized carbons (Fsp3) is 0.778. The molecule has 0 saturated carbocycles. The minimum absolute atomic E-state index is 0.0538. The number of hydrogen-bond donors (Lipinski definition) is 4. The molecule has 1 amide bonds. The number of amides is 1. The molecule has 0 fully saturated rings. The Bertz CT molecular complexity index is 216. The number of nitrogens with two attached hydrogens (primary N) is 1. The van der Waals surface area contributed by atoms with Gasteiger partial charge in [0.2, 0.25) is 5.91 Å². The first-order valence-corrected chi connectivity index (χ1v) is 4.88. The van der Waals surface area contributed by atoms with Gasteiger partial charge in [-0.15, -0.1) is 0 Å². The number of rotatable bonds is 7. The zero-order chi connectivity index (χ0) is 11.8. The van der Waals surface area contributed by atoms with E-state index in [0.29, 0.717) is 6.54 Å². The van der Waals surface area contributed by atoms with Crippen LogP contribution in [0.1, 0.15) is 19.8 Å². The maximum Gasteiger partial charge on any atom is 0.328 e. The highest BCUT2D eigenvalue weighted by atomic mass is 16.4. The molecule has 0 aliphatic carbocycles. The van der Waals surface area contributed by atoms with Gasteiger partial charge in [-0.1, -0.05) is 13.3 Å². The number of carboxylic acid groups (broad SMARTS) is 1. The van der Waals surface area contributed by atoms with E-state index in [1.807, 2.05) is 6.92 Å². The normalized spacial score (nSPS) is 14.3. The number of carbonyl (C=O) groups excluding carboxylic acids is 1. The van der Waals surface area contributed by atoms with Gasteiger partial charge in [0.05, 0.1) is 6.61 Å². The van der Waals surface area contributed by atoms with Crippen molar-refractivity contribution in [3.05, 3.63) is 0 Å². The van der Waals surface area contributed by atoms with E-state index >= 15 is 0 Å². The first kappa shape index (κ1) is 13.9. The largest absolute Gasteiger partial charge is 0.480 e. The molecule has 0 aromatic carbocycles. The van der Waals surface area contributed by atoms with Gasteiger partial charge in [-0.2, -0.15) is 0 Å². The van der Waals surface area contributed by atoms with Crippen LogP contribution in [-0.2, 0) is 9.59 Å². The Morgan fingerprint density at radius 2 is 2.07 bits per heavy atom. The van der Waals surface area contributed by atoms with Crippen LogP contribution in [-0.4, -0.2) is 41.3 Å². The summed E-state index contributed by atoms with van der Waals surface area (Å²) < 4.78 is 0. The van der Waals surface area contributed by atoms with E-state index in [4.69, 9.17) is 15.9 Å². The molecule has 0 saturated heterocycles. The molecule has 0 heterocycles. The van der Waals surface area contributed by atoms with Crippen LogP contribution in [0.5, 0.6) is 0 Å². The lowest BCUT2D eigenvalue weighted by Gasteiger charge is -2.15. The van der Waals surface area contributed by atoms with Crippen LogP contribution in [0.2, 0.25) is 0 Å². The molecule has 1 unspecified atom stereocenters. The van der Waals surface area contributed by atoms with Gasteiger partial charge in [0.15, 0.2) is 0 Å². The molecule has 88 valence electrons. The molecule has 0 bridgehead atoms. The summed E-state index contributed by atoms with van der Waals surface area (Å²) in [5.74, 6) is -1.58. The van der Waals surface area contributed by atoms with E-state index in [0.717, 1.165) is 6.42 Å². The number of aliphatic hydroxyl groups excluding tert-OH is 1. The average molecular weight is 218 g/mol. The van der Waals surface area contributed by atoms with Crippen molar-refractivity contribution >= 4 is 11.9 Å². The molecule has 2 atom stereocenters. The quantitative estimate of drug-likeness (QED) is 0.434. The lowest BCUT2D eigenvalue weighted by Crippen LogP contribution is -2.44. The molecule has 15 heavy (non-hydrogen) atoms. The molecule has 6 nitrogen and oxygen atoms in total. The molecule has 5 N–H and O–H groups in total. The number of aliphatic hydroxyl groups is 1. The maximum absolute atomic E-state index is 11.3. The van der Waals surface area contributed by atoms with Crippen molar-refractivity contribution < 1.29 is 19.8 Å². The third-order valence-corrected chi connectivity index (χ3v) is 2.20. The van der Waals surface area contributed by atoms with E-state index in [1.165, 1.54) is 0 Å². The van der Waals surface area contributed by atoms with Gasteiger partial charge in [-0.25, -0.2) is 4.79 Å². The van der Waals surface area contributed by atoms with Gasteiger partial charge in [0, 0.05) is 6.42 Å². The minimum atomic E-state index is -1.24. The number of nitrogens with one attached hydrogen (secondary N) is 1. The van der Waals surface area contributed by atoms with E-state index in [-0.39, 0.29) is 12.3 Å². The van der Waals surface area contributed by atoms with Gasteiger partial charge in [-0.3, -0.25) is 4.79 Å². The third kappa shape index (κ3) is 5.34. The Balaban J connectivity index is 4.06. The second-order valence-electron chi connectivity index (χ2n) is 3.36. The predicted molar refractivity (Wildman–Crippen MR) is 54.1 cm³/mol. The van der Waals surface area contributed by atoms with Crippen molar-refractivity contribution in [2.45, 2.75) is 25.8 Å². The summed E-state index contributed by atoms with van der Waals surface area (Å²) in [6.45, 7) is 1.69. The summed E-state index contributed by atoms with van der Waals surface area (Å²) in [7, 11) is 0. The molecule has 0 aromatic heterocycles. The Hall–Kier alpha value is -1.14. The molecule has 0 radical (unpaired) electrons. The van der Waals surface area contributed by atoms with Crippen molar-refractivity contribution in [2.24, 2.45) is 11.7 Å². The number of carboxylic acids is 1. The fourth-order valence-corrected chi connectivity index (χ4v) is 1.10. The van der Waals surface area contributed by atoms with E-state index in [2.05, 4.69) is 5.32 Å². The van der Waals surface area contributed by atoms with Gasteiger partial charge in [-0.05, 0) is 12.5 Å². The molecular weight excluding hydrogens is 200 g/mol. The molecule has 0 aromatic rings. The van der Waals surface area contributed by atoms with E-state index in [9.17, 15) is 9.59 Å². The lowest BCUT2D eigenvalue weighted by molar-refractivity contribution is -0.143. The second kappa shape index (κ2) is 7.19. The van der Waals surface area contributed by atoms with E-state index in [1.54, 1.807) is 0 Å². The summed E-state index contributed by atoms with van der Waals surface area (Å²) in [5.41, 5.74) is 5.41. The smallest absolute Gasteiger partial charge is 0.328 e. The molecule has 0 rings (SSSR count). The van der Waals surface area contributed by atoms with Gasteiger partial charge >= 0.3 is 5.97 Å². The highest BCUT2D eigenvalue weighted by Gasteiger charge is 2.19. The summed E-state index contributed by atoms with van der Waals surface area (Å²) in [6, 6.07) is -1.23. The predicted octanol–water partition coefficient (Wildman–Crippen LogP) is -1.08. The number of aliphatic carboxylic acids is 1. The zero-order valence-electron chi connectivity index (χ0n) is 8.77. The highest BCUT2D eigenvalue weighted by molar-refractivity contribution is 5.83. The van der Waals surface area contributed by atoms with Crippen molar-refractivity contribution in [1.29, 1.82) is 0 Å². The van der Waals surface area contributed by atoms with Crippen molar-refractivity contribution in [1.82, 2.24) is 5.32 Å². The van der Waals surface area contributed by atoms with Gasteiger partial charge in [0.25, 0.3) is 0 Å². The Kier molecular flexibility index (Phi) is 6.64. The van der Waals surface area contributed by atoms with Crippen LogP contribution in [0.25, 0.3) is 0 Å². The molecule has 0 spiro atoms. The van der Waals surface area contributed by atoms with Crippen LogP contribution in [0.4, 0.5) is 0 Å². The fourth-order valence-electron chi connectivity index (χ4n) is 1.10. The van der Waals surface area contributed by atoms with Crippen LogP contribution in [0, 0.1) is 5.92 Å². The Morgan fingerprint density at radius 1 is 1.47 bits per heavy atom. The van der Waals surface area contributed by atoms with Gasteiger partial charge < -0.3 is 21.3 Å².